The molecule has 0 spiro atoms. The first kappa shape index (κ1) is 6.13. The molecule has 1 rings (SSSR count). The number of ether oxygens (including phenoxy) is 1. The second-order valence-corrected chi connectivity index (χ2v) is 1.96. The maximum atomic E-state index is 10.4. The van der Waals surface area contributed by atoms with Crippen LogP contribution in [0.4, 0.5) is 4.79 Å². The second kappa shape index (κ2) is 2.53. The Bertz CT molecular complexity index is 133. The molecule has 1 fully saturated rings. The van der Waals surface area contributed by atoms with Gasteiger partial charge in [-0.2, -0.15) is 0 Å². The minimum absolute atomic E-state index is 0.148. The van der Waals surface area contributed by atoms with Crippen LogP contribution in [0.15, 0.2) is 12.7 Å². The monoisotopic (exact) mass is 127 g/mol. The average molecular weight is 127 g/mol. The highest BCUT2D eigenvalue weighted by molar-refractivity contribution is 5.69. The van der Waals surface area contributed by atoms with E-state index in [1.165, 1.54) is 0 Å². The number of nitrogens with one attached hydrogen (secondary N) is 1. The Hall–Kier alpha value is -0.990. The van der Waals surface area contributed by atoms with Gasteiger partial charge in [0.1, 0.15) is 6.61 Å². The SMILES string of the molecule is C=CCC1COC(=O)N1. The number of rotatable bonds is 2. The third-order valence-corrected chi connectivity index (χ3v) is 1.19. The molecule has 0 aliphatic carbocycles. The fraction of sp³-hybridized carbons (Fsp3) is 0.500. The first-order valence-electron chi connectivity index (χ1n) is 2.87. The van der Waals surface area contributed by atoms with Gasteiger partial charge in [0.2, 0.25) is 0 Å². The summed E-state index contributed by atoms with van der Waals surface area (Å²) in [6, 6.07) is 0.148. The molecule has 0 bridgehead atoms. The molecule has 0 aromatic heterocycles. The van der Waals surface area contributed by atoms with Crippen LogP contribution in [0.2, 0.25) is 0 Å². The number of carbonyl (C=O) groups excluding carboxylic acids is 1. The number of hydrogen-bond donors (Lipinski definition) is 1. The third-order valence-electron chi connectivity index (χ3n) is 1.19. The van der Waals surface area contributed by atoms with Crippen molar-refractivity contribution in [3.8, 4) is 0 Å². The number of hydrogen-bond acceptors (Lipinski definition) is 2. The van der Waals surface area contributed by atoms with E-state index in [1.807, 2.05) is 0 Å². The predicted octanol–water partition coefficient (Wildman–Crippen LogP) is 0.671. The normalized spacial score (nSPS) is 24.9. The molecule has 3 nitrogen and oxygen atoms in total. The number of cyclic esters (lactones) is 1. The van der Waals surface area contributed by atoms with Crippen LogP contribution in [0.1, 0.15) is 6.42 Å². The highest BCUT2D eigenvalue weighted by Gasteiger charge is 2.19. The molecular formula is C6H9NO2. The summed E-state index contributed by atoms with van der Waals surface area (Å²) in [5, 5.41) is 2.62. The molecule has 1 saturated heterocycles. The zero-order valence-corrected chi connectivity index (χ0v) is 5.09. The topological polar surface area (TPSA) is 38.3 Å². The lowest BCUT2D eigenvalue weighted by atomic mass is 10.2. The number of alkyl carbamates (subject to hydrolysis) is 1. The van der Waals surface area contributed by atoms with Gasteiger partial charge in [0.25, 0.3) is 0 Å². The zero-order valence-electron chi connectivity index (χ0n) is 5.09. The van der Waals surface area contributed by atoms with E-state index in [4.69, 9.17) is 0 Å². The molecule has 1 aliphatic rings. The molecule has 9 heavy (non-hydrogen) atoms. The van der Waals surface area contributed by atoms with Crippen LogP contribution < -0.4 is 5.32 Å². The van der Waals surface area contributed by atoms with Crippen molar-refractivity contribution in [1.82, 2.24) is 5.32 Å². The summed E-state index contributed by atoms with van der Waals surface area (Å²) in [5.41, 5.74) is 0. The highest BCUT2D eigenvalue weighted by atomic mass is 16.6. The molecular weight excluding hydrogens is 118 g/mol. The molecule has 1 N–H and O–H groups in total. The standard InChI is InChI=1S/C6H9NO2/c1-2-3-5-4-9-6(8)7-5/h2,5H,1,3-4H2,(H,7,8). The van der Waals surface area contributed by atoms with Crippen LogP contribution in [-0.2, 0) is 4.74 Å². The molecule has 0 aromatic carbocycles. The summed E-state index contributed by atoms with van der Waals surface area (Å²) < 4.78 is 4.62. The Balaban J connectivity index is 2.29. The lowest BCUT2D eigenvalue weighted by molar-refractivity contribution is 0.177. The zero-order chi connectivity index (χ0) is 6.69. The van der Waals surface area contributed by atoms with E-state index in [0.29, 0.717) is 6.61 Å². The van der Waals surface area contributed by atoms with Gasteiger partial charge in [-0.3, -0.25) is 0 Å². The molecule has 50 valence electrons. The highest BCUT2D eigenvalue weighted by Crippen LogP contribution is 2.01. The Morgan fingerprint density at radius 3 is 3.22 bits per heavy atom. The van der Waals surface area contributed by atoms with Gasteiger partial charge in [-0.25, -0.2) is 4.79 Å². The number of carbonyl (C=O) groups is 1. The largest absolute Gasteiger partial charge is 0.447 e. The lowest BCUT2D eigenvalue weighted by Crippen LogP contribution is -2.24. The van der Waals surface area contributed by atoms with Gasteiger partial charge < -0.3 is 10.1 Å². The summed E-state index contributed by atoms with van der Waals surface area (Å²) in [5.74, 6) is 0. The first-order chi connectivity index (χ1) is 4.33. The maximum Gasteiger partial charge on any atom is 0.407 e. The van der Waals surface area contributed by atoms with E-state index in [2.05, 4.69) is 16.6 Å². The minimum Gasteiger partial charge on any atom is -0.447 e. The molecule has 1 unspecified atom stereocenters. The Kier molecular flexibility index (Phi) is 1.72. The average Bonchev–Trinajstić information content (AvgIpc) is 2.17. The van der Waals surface area contributed by atoms with E-state index in [0.717, 1.165) is 6.42 Å². The first-order valence-corrected chi connectivity index (χ1v) is 2.87. The van der Waals surface area contributed by atoms with Gasteiger partial charge >= 0.3 is 6.09 Å². The summed E-state index contributed by atoms with van der Waals surface area (Å²) in [6.07, 6.45) is 2.23. The number of amides is 1. The molecule has 1 amide bonds. The summed E-state index contributed by atoms with van der Waals surface area (Å²) in [6.45, 7) is 4.02. The van der Waals surface area contributed by atoms with Crippen LogP contribution in [0.5, 0.6) is 0 Å². The molecule has 1 aliphatic heterocycles. The quantitative estimate of drug-likeness (QED) is 0.554. The Labute approximate surface area is 53.7 Å². The van der Waals surface area contributed by atoms with Crippen LogP contribution in [0, 0.1) is 0 Å². The van der Waals surface area contributed by atoms with Crippen LogP contribution in [-0.4, -0.2) is 18.7 Å². The molecule has 3 heteroatoms. The van der Waals surface area contributed by atoms with E-state index < -0.39 is 0 Å². The van der Waals surface area contributed by atoms with Gasteiger partial charge in [-0.1, -0.05) is 6.08 Å². The van der Waals surface area contributed by atoms with Crippen molar-refractivity contribution >= 4 is 6.09 Å². The van der Waals surface area contributed by atoms with Gasteiger partial charge in [0, 0.05) is 0 Å². The molecule has 1 atom stereocenters. The van der Waals surface area contributed by atoms with Gasteiger partial charge in [-0.15, -0.1) is 6.58 Å². The van der Waals surface area contributed by atoms with Crippen molar-refractivity contribution < 1.29 is 9.53 Å². The Morgan fingerprint density at radius 2 is 2.78 bits per heavy atom. The fourth-order valence-corrected chi connectivity index (χ4v) is 0.754. The maximum absolute atomic E-state index is 10.4. The molecule has 1 heterocycles. The predicted molar refractivity (Wildman–Crippen MR) is 33.1 cm³/mol. The molecule has 0 radical (unpaired) electrons. The smallest absolute Gasteiger partial charge is 0.407 e. The van der Waals surface area contributed by atoms with E-state index in [9.17, 15) is 4.79 Å². The van der Waals surface area contributed by atoms with E-state index >= 15 is 0 Å². The van der Waals surface area contributed by atoms with Crippen molar-refractivity contribution in [3.05, 3.63) is 12.7 Å². The summed E-state index contributed by atoms with van der Waals surface area (Å²) in [4.78, 5) is 10.4. The summed E-state index contributed by atoms with van der Waals surface area (Å²) >= 11 is 0. The fourth-order valence-electron chi connectivity index (χ4n) is 0.754. The van der Waals surface area contributed by atoms with Gasteiger partial charge in [0.05, 0.1) is 6.04 Å². The third kappa shape index (κ3) is 1.45. The minimum atomic E-state index is -0.318. The van der Waals surface area contributed by atoms with E-state index in [-0.39, 0.29) is 12.1 Å². The van der Waals surface area contributed by atoms with Crippen molar-refractivity contribution in [3.63, 3.8) is 0 Å². The summed E-state index contributed by atoms with van der Waals surface area (Å²) in [7, 11) is 0. The van der Waals surface area contributed by atoms with Crippen molar-refractivity contribution in [2.24, 2.45) is 0 Å². The van der Waals surface area contributed by atoms with Crippen molar-refractivity contribution in [2.75, 3.05) is 6.61 Å². The molecule has 0 saturated carbocycles. The lowest BCUT2D eigenvalue weighted by Gasteiger charge is -1.99. The van der Waals surface area contributed by atoms with Crippen LogP contribution in [0.3, 0.4) is 0 Å². The Morgan fingerprint density at radius 1 is 2.00 bits per heavy atom. The van der Waals surface area contributed by atoms with Gasteiger partial charge in [0.15, 0.2) is 0 Å². The van der Waals surface area contributed by atoms with Crippen molar-refractivity contribution in [2.45, 2.75) is 12.5 Å². The van der Waals surface area contributed by atoms with E-state index in [1.54, 1.807) is 6.08 Å². The second-order valence-electron chi connectivity index (χ2n) is 1.96. The van der Waals surface area contributed by atoms with Crippen LogP contribution in [0.25, 0.3) is 0 Å². The van der Waals surface area contributed by atoms with Crippen molar-refractivity contribution in [1.29, 1.82) is 0 Å². The van der Waals surface area contributed by atoms with Crippen LogP contribution >= 0.6 is 0 Å². The van der Waals surface area contributed by atoms with Gasteiger partial charge in [-0.05, 0) is 6.42 Å². The molecule has 0 aromatic rings.